The zero-order valence-electron chi connectivity index (χ0n) is 10.6. The number of aromatic nitrogens is 2. The van der Waals surface area contributed by atoms with Crippen molar-refractivity contribution in [2.24, 2.45) is 5.41 Å². The first-order valence-corrected chi connectivity index (χ1v) is 7.35. The number of nitrogens with one attached hydrogen (secondary N) is 1. The van der Waals surface area contributed by atoms with Crippen LogP contribution in [0, 0.1) is 5.41 Å². The van der Waals surface area contributed by atoms with Crippen LogP contribution < -0.4 is 11.1 Å². The van der Waals surface area contributed by atoms with Gasteiger partial charge in [0.25, 0.3) is 0 Å². The van der Waals surface area contributed by atoms with Crippen molar-refractivity contribution in [2.45, 2.75) is 32.6 Å². The third-order valence-corrected chi connectivity index (χ3v) is 4.94. The Balaban J connectivity index is 1.83. The first kappa shape index (κ1) is 11.7. The van der Waals surface area contributed by atoms with Crippen LogP contribution in [-0.2, 0) is 0 Å². The van der Waals surface area contributed by atoms with Gasteiger partial charge in [-0.05, 0) is 36.1 Å². The van der Waals surface area contributed by atoms with Crippen LogP contribution in [0.1, 0.15) is 32.6 Å². The van der Waals surface area contributed by atoms with E-state index in [9.17, 15) is 0 Å². The van der Waals surface area contributed by atoms with Gasteiger partial charge < -0.3 is 11.1 Å². The van der Waals surface area contributed by atoms with Crippen LogP contribution in [0.15, 0.2) is 11.4 Å². The van der Waals surface area contributed by atoms with Crippen LogP contribution in [0.5, 0.6) is 0 Å². The highest BCUT2D eigenvalue weighted by Crippen LogP contribution is 2.43. The average Bonchev–Trinajstić information content (AvgIpc) is 2.75. The Morgan fingerprint density at radius 2 is 2.28 bits per heavy atom. The molecule has 0 saturated heterocycles. The maximum absolute atomic E-state index is 5.75. The van der Waals surface area contributed by atoms with E-state index >= 15 is 0 Å². The van der Waals surface area contributed by atoms with E-state index in [4.69, 9.17) is 5.73 Å². The van der Waals surface area contributed by atoms with Crippen LogP contribution >= 0.6 is 11.3 Å². The Morgan fingerprint density at radius 3 is 2.94 bits per heavy atom. The minimum atomic E-state index is 0.353. The Morgan fingerprint density at radius 1 is 1.44 bits per heavy atom. The highest BCUT2D eigenvalue weighted by molar-refractivity contribution is 7.16. The second-order valence-electron chi connectivity index (χ2n) is 5.13. The van der Waals surface area contributed by atoms with Gasteiger partial charge in [-0.25, -0.2) is 4.98 Å². The molecule has 0 unspecified atom stereocenters. The maximum Gasteiger partial charge on any atom is 0.223 e. The Labute approximate surface area is 111 Å². The van der Waals surface area contributed by atoms with E-state index in [2.05, 4.69) is 28.3 Å². The predicted octanol–water partition coefficient (Wildman–Crippen LogP) is 3.27. The molecule has 0 radical (unpaired) electrons. The molecular formula is C13H18N4S. The Kier molecular flexibility index (Phi) is 2.86. The number of hydrogen-bond acceptors (Lipinski definition) is 5. The molecule has 3 N–H and O–H groups in total. The summed E-state index contributed by atoms with van der Waals surface area (Å²) in [4.78, 5) is 9.53. The topological polar surface area (TPSA) is 63.8 Å². The van der Waals surface area contributed by atoms with Gasteiger partial charge >= 0.3 is 0 Å². The van der Waals surface area contributed by atoms with Crippen molar-refractivity contribution >= 4 is 33.3 Å². The minimum absolute atomic E-state index is 0.353. The molecule has 0 aliphatic heterocycles. The minimum Gasteiger partial charge on any atom is -0.369 e. The molecule has 5 heteroatoms. The van der Waals surface area contributed by atoms with Crippen LogP contribution in [0.2, 0.25) is 0 Å². The van der Waals surface area contributed by atoms with Crippen molar-refractivity contribution in [1.29, 1.82) is 0 Å². The van der Waals surface area contributed by atoms with Gasteiger partial charge in [-0.2, -0.15) is 4.98 Å². The fraction of sp³-hybridized carbons (Fsp3) is 0.538. The SMILES string of the molecule is CCC1(CNc2nc(N)nc3sccc23)CCC1. The molecule has 96 valence electrons. The molecule has 4 nitrogen and oxygen atoms in total. The van der Waals surface area contributed by atoms with Gasteiger partial charge in [0.15, 0.2) is 0 Å². The number of thiophene rings is 1. The molecule has 1 aliphatic rings. The van der Waals surface area contributed by atoms with E-state index in [1.807, 2.05) is 5.38 Å². The number of nitrogens with two attached hydrogens (primary N) is 1. The molecule has 1 fully saturated rings. The highest BCUT2D eigenvalue weighted by Gasteiger charge is 2.34. The van der Waals surface area contributed by atoms with Gasteiger partial charge in [0, 0.05) is 6.54 Å². The zero-order chi connectivity index (χ0) is 12.6. The van der Waals surface area contributed by atoms with Crippen molar-refractivity contribution in [3.8, 4) is 0 Å². The molecule has 2 aromatic heterocycles. The molecule has 1 saturated carbocycles. The smallest absolute Gasteiger partial charge is 0.223 e. The largest absolute Gasteiger partial charge is 0.369 e. The summed E-state index contributed by atoms with van der Waals surface area (Å²) >= 11 is 1.60. The lowest BCUT2D eigenvalue weighted by Gasteiger charge is -2.41. The van der Waals surface area contributed by atoms with Gasteiger partial charge in [-0.15, -0.1) is 11.3 Å². The zero-order valence-corrected chi connectivity index (χ0v) is 11.4. The third-order valence-electron chi connectivity index (χ3n) is 4.14. The quantitative estimate of drug-likeness (QED) is 0.887. The molecule has 0 amide bonds. The second-order valence-corrected chi connectivity index (χ2v) is 6.03. The number of fused-ring (bicyclic) bond motifs is 1. The Bertz CT molecular complexity index is 554. The third kappa shape index (κ3) is 1.92. The summed E-state index contributed by atoms with van der Waals surface area (Å²) in [6.45, 7) is 3.26. The standard InChI is InChI=1S/C13H18N4S/c1-2-13(5-3-6-13)8-15-10-9-4-7-18-11(9)17-12(14)16-10/h4,7H,2-3,5-6,8H2,1H3,(H3,14,15,16,17). The lowest BCUT2D eigenvalue weighted by Crippen LogP contribution is -2.36. The van der Waals surface area contributed by atoms with E-state index in [0.29, 0.717) is 11.4 Å². The Hall–Kier alpha value is -1.36. The summed E-state index contributed by atoms with van der Waals surface area (Å²) in [7, 11) is 0. The summed E-state index contributed by atoms with van der Waals surface area (Å²) < 4.78 is 0. The van der Waals surface area contributed by atoms with Crippen molar-refractivity contribution in [3.63, 3.8) is 0 Å². The van der Waals surface area contributed by atoms with E-state index in [0.717, 1.165) is 22.6 Å². The molecule has 3 rings (SSSR count). The second kappa shape index (κ2) is 4.39. The van der Waals surface area contributed by atoms with Gasteiger partial charge in [-0.3, -0.25) is 0 Å². The first-order chi connectivity index (χ1) is 8.72. The number of nitrogen functional groups attached to an aromatic ring is 1. The van der Waals surface area contributed by atoms with Gasteiger partial charge in [-0.1, -0.05) is 13.3 Å². The lowest BCUT2D eigenvalue weighted by atomic mass is 9.67. The molecule has 2 aromatic rings. The molecule has 0 atom stereocenters. The summed E-state index contributed by atoms with van der Waals surface area (Å²) in [6.07, 6.45) is 5.23. The van der Waals surface area contributed by atoms with Gasteiger partial charge in [0.05, 0.1) is 5.39 Å². The molecule has 0 spiro atoms. The molecular weight excluding hydrogens is 244 g/mol. The fourth-order valence-electron chi connectivity index (χ4n) is 2.61. The summed E-state index contributed by atoms with van der Waals surface area (Å²) in [5.74, 6) is 1.24. The summed E-state index contributed by atoms with van der Waals surface area (Å²) in [5.41, 5.74) is 6.22. The number of anilines is 2. The van der Waals surface area contributed by atoms with Crippen molar-refractivity contribution in [2.75, 3.05) is 17.6 Å². The van der Waals surface area contributed by atoms with Crippen molar-refractivity contribution in [3.05, 3.63) is 11.4 Å². The highest BCUT2D eigenvalue weighted by atomic mass is 32.1. The van der Waals surface area contributed by atoms with E-state index in [1.165, 1.54) is 25.7 Å². The van der Waals surface area contributed by atoms with E-state index in [1.54, 1.807) is 11.3 Å². The number of nitrogens with zero attached hydrogens (tertiary/aromatic N) is 2. The van der Waals surface area contributed by atoms with Crippen molar-refractivity contribution < 1.29 is 0 Å². The summed E-state index contributed by atoms with van der Waals surface area (Å²) in [6, 6.07) is 2.06. The first-order valence-electron chi connectivity index (χ1n) is 6.47. The fourth-order valence-corrected chi connectivity index (χ4v) is 3.38. The van der Waals surface area contributed by atoms with Crippen LogP contribution in [0.25, 0.3) is 10.2 Å². The van der Waals surface area contributed by atoms with Gasteiger partial charge in [0.2, 0.25) is 5.95 Å². The van der Waals surface area contributed by atoms with Gasteiger partial charge in [0.1, 0.15) is 10.6 Å². The van der Waals surface area contributed by atoms with Crippen LogP contribution in [0.3, 0.4) is 0 Å². The molecule has 1 aliphatic carbocycles. The molecule has 2 heterocycles. The van der Waals surface area contributed by atoms with Crippen molar-refractivity contribution in [1.82, 2.24) is 9.97 Å². The maximum atomic E-state index is 5.75. The average molecular weight is 262 g/mol. The molecule has 0 aromatic carbocycles. The molecule has 0 bridgehead atoms. The lowest BCUT2D eigenvalue weighted by molar-refractivity contribution is 0.145. The molecule has 18 heavy (non-hydrogen) atoms. The number of hydrogen-bond donors (Lipinski definition) is 2. The van der Waals surface area contributed by atoms with Crippen LogP contribution in [-0.4, -0.2) is 16.5 Å². The van der Waals surface area contributed by atoms with Crippen LogP contribution in [0.4, 0.5) is 11.8 Å². The number of rotatable bonds is 4. The normalized spacial score (nSPS) is 17.6. The van der Waals surface area contributed by atoms with E-state index < -0.39 is 0 Å². The van der Waals surface area contributed by atoms with E-state index in [-0.39, 0.29) is 0 Å². The monoisotopic (exact) mass is 262 g/mol. The predicted molar refractivity (Wildman–Crippen MR) is 76.9 cm³/mol. The summed E-state index contributed by atoms with van der Waals surface area (Å²) in [5, 5.41) is 6.60.